The second-order valence-corrected chi connectivity index (χ2v) is 2.24. The first-order valence-corrected chi connectivity index (χ1v) is 2.78. The SMILES string of the molecule is OC[C@@H]1OC[C@]1(O)CO. The monoisotopic (exact) mass is 134 g/mol. The van der Waals surface area contributed by atoms with Crippen molar-refractivity contribution >= 4 is 0 Å². The van der Waals surface area contributed by atoms with Gasteiger partial charge >= 0.3 is 0 Å². The standard InChI is InChI=1S/C5H10O4/c6-1-4-5(8,2-7)3-9-4/h4,6-8H,1-3H2/t4-,5+/m0/s1. The highest BCUT2D eigenvalue weighted by Gasteiger charge is 2.45. The van der Waals surface area contributed by atoms with Crippen LogP contribution in [0.3, 0.4) is 0 Å². The van der Waals surface area contributed by atoms with Crippen molar-refractivity contribution in [3.63, 3.8) is 0 Å². The molecule has 54 valence electrons. The summed E-state index contributed by atoms with van der Waals surface area (Å²) >= 11 is 0. The van der Waals surface area contributed by atoms with E-state index in [1.807, 2.05) is 0 Å². The lowest BCUT2D eigenvalue weighted by Gasteiger charge is -2.42. The molecule has 1 saturated heterocycles. The van der Waals surface area contributed by atoms with Crippen molar-refractivity contribution in [2.45, 2.75) is 11.7 Å². The molecular weight excluding hydrogens is 124 g/mol. The van der Waals surface area contributed by atoms with Gasteiger partial charge in [-0.1, -0.05) is 0 Å². The summed E-state index contributed by atoms with van der Waals surface area (Å²) in [6, 6.07) is 0. The van der Waals surface area contributed by atoms with E-state index in [2.05, 4.69) is 0 Å². The van der Waals surface area contributed by atoms with Crippen molar-refractivity contribution in [1.29, 1.82) is 0 Å². The Morgan fingerprint density at radius 2 is 2.22 bits per heavy atom. The molecule has 1 fully saturated rings. The molecule has 0 aliphatic carbocycles. The second-order valence-electron chi connectivity index (χ2n) is 2.24. The molecule has 1 aliphatic rings. The molecule has 0 saturated carbocycles. The van der Waals surface area contributed by atoms with E-state index in [-0.39, 0.29) is 19.8 Å². The van der Waals surface area contributed by atoms with Crippen LogP contribution >= 0.6 is 0 Å². The molecule has 4 nitrogen and oxygen atoms in total. The van der Waals surface area contributed by atoms with Gasteiger partial charge in [0.1, 0.15) is 11.7 Å². The van der Waals surface area contributed by atoms with Crippen molar-refractivity contribution in [3.05, 3.63) is 0 Å². The van der Waals surface area contributed by atoms with Crippen molar-refractivity contribution in [3.8, 4) is 0 Å². The number of aliphatic hydroxyl groups is 3. The molecule has 3 N–H and O–H groups in total. The highest BCUT2D eigenvalue weighted by molar-refractivity contribution is 4.94. The van der Waals surface area contributed by atoms with Crippen molar-refractivity contribution in [2.75, 3.05) is 19.8 Å². The zero-order valence-electron chi connectivity index (χ0n) is 4.95. The topological polar surface area (TPSA) is 69.9 Å². The molecule has 0 aromatic heterocycles. The molecule has 4 heteroatoms. The molecule has 0 unspecified atom stereocenters. The lowest BCUT2D eigenvalue weighted by Crippen LogP contribution is -2.62. The highest BCUT2D eigenvalue weighted by Crippen LogP contribution is 2.23. The van der Waals surface area contributed by atoms with Crippen molar-refractivity contribution in [1.82, 2.24) is 0 Å². The number of hydrogen-bond donors (Lipinski definition) is 3. The van der Waals surface area contributed by atoms with E-state index in [0.29, 0.717) is 0 Å². The van der Waals surface area contributed by atoms with Crippen LogP contribution in [0.4, 0.5) is 0 Å². The number of hydrogen-bond acceptors (Lipinski definition) is 4. The third-order valence-corrected chi connectivity index (χ3v) is 1.57. The Morgan fingerprint density at radius 3 is 2.33 bits per heavy atom. The molecule has 9 heavy (non-hydrogen) atoms. The predicted octanol–water partition coefficient (Wildman–Crippen LogP) is -1.90. The minimum Gasteiger partial charge on any atom is -0.394 e. The van der Waals surface area contributed by atoms with Gasteiger partial charge in [-0.15, -0.1) is 0 Å². The fourth-order valence-electron chi connectivity index (χ4n) is 0.764. The van der Waals surface area contributed by atoms with Gasteiger partial charge in [0.2, 0.25) is 0 Å². The van der Waals surface area contributed by atoms with Crippen LogP contribution in [0.5, 0.6) is 0 Å². The number of ether oxygens (including phenoxy) is 1. The number of rotatable bonds is 2. The first-order valence-electron chi connectivity index (χ1n) is 2.78. The van der Waals surface area contributed by atoms with Gasteiger partial charge in [0, 0.05) is 0 Å². The second kappa shape index (κ2) is 2.22. The van der Waals surface area contributed by atoms with Crippen LogP contribution in [0.25, 0.3) is 0 Å². The summed E-state index contributed by atoms with van der Waals surface area (Å²) < 4.78 is 4.73. The Hall–Kier alpha value is -0.160. The van der Waals surface area contributed by atoms with Crippen LogP contribution in [0.2, 0.25) is 0 Å². The summed E-state index contributed by atoms with van der Waals surface area (Å²) in [4.78, 5) is 0. The van der Waals surface area contributed by atoms with E-state index in [9.17, 15) is 0 Å². The van der Waals surface area contributed by atoms with Gasteiger partial charge in [-0.2, -0.15) is 0 Å². The van der Waals surface area contributed by atoms with E-state index in [1.165, 1.54) is 0 Å². The average molecular weight is 134 g/mol. The van der Waals surface area contributed by atoms with Crippen LogP contribution < -0.4 is 0 Å². The zero-order chi connectivity index (χ0) is 6.91. The molecule has 0 amide bonds. The number of aliphatic hydroxyl groups excluding tert-OH is 2. The maximum Gasteiger partial charge on any atom is 0.139 e. The third kappa shape index (κ3) is 0.943. The van der Waals surface area contributed by atoms with Crippen LogP contribution in [0, 0.1) is 0 Å². The van der Waals surface area contributed by atoms with Gasteiger partial charge in [0.15, 0.2) is 0 Å². The molecular formula is C5H10O4. The Morgan fingerprint density at radius 1 is 1.56 bits per heavy atom. The van der Waals surface area contributed by atoms with Crippen LogP contribution in [-0.4, -0.2) is 46.8 Å². The van der Waals surface area contributed by atoms with E-state index in [1.54, 1.807) is 0 Å². The van der Waals surface area contributed by atoms with Gasteiger partial charge in [-0.05, 0) is 0 Å². The van der Waals surface area contributed by atoms with Gasteiger partial charge in [-0.25, -0.2) is 0 Å². The first-order chi connectivity index (χ1) is 4.23. The zero-order valence-corrected chi connectivity index (χ0v) is 4.95. The van der Waals surface area contributed by atoms with Gasteiger partial charge in [0.25, 0.3) is 0 Å². The Labute approximate surface area is 52.7 Å². The molecule has 2 atom stereocenters. The third-order valence-electron chi connectivity index (χ3n) is 1.57. The minimum absolute atomic E-state index is 0.120. The largest absolute Gasteiger partial charge is 0.394 e. The minimum atomic E-state index is -1.19. The highest BCUT2D eigenvalue weighted by atomic mass is 16.6. The van der Waals surface area contributed by atoms with Crippen molar-refractivity contribution in [2.24, 2.45) is 0 Å². The summed E-state index contributed by atoms with van der Waals surface area (Å²) in [6.07, 6.45) is -0.595. The summed E-state index contributed by atoms with van der Waals surface area (Å²) in [7, 11) is 0. The summed E-state index contributed by atoms with van der Waals surface area (Å²) in [5.41, 5.74) is -1.19. The van der Waals surface area contributed by atoms with E-state index in [0.717, 1.165) is 0 Å². The Kier molecular flexibility index (Phi) is 1.72. The fraction of sp³-hybridized carbons (Fsp3) is 1.00. The smallest absolute Gasteiger partial charge is 0.139 e. The first kappa shape index (κ1) is 6.95. The predicted molar refractivity (Wildman–Crippen MR) is 28.9 cm³/mol. The van der Waals surface area contributed by atoms with Crippen LogP contribution in [0.15, 0.2) is 0 Å². The lowest BCUT2D eigenvalue weighted by atomic mass is 9.94. The Balaban J connectivity index is 2.41. The van der Waals surface area contributed by atoms with E-state index >= 15 is 0 Å². The normalized spacial score (nSPS) is 42.3. The average Bonchev–Trinajstić information content (AvgIpc) is 1.85. The molecule has 1 rings (SSSR count). The van der Waals surface area contributed by atoms with E-state index < -0.39 is 11.7 Å². The van der Waals surface area contributed by atoms with Crippen LogP contribution in [-0.2, 0) is 4.74 Å². The van der Waals surface area contributed by atoms with Gasteiger partial charge in [0.05, 0.1) is 19.8 Å². The molecule has 1 aliphatic heterocycles. The summed E-state index contributed by atoms with van der Waals surface area (Å²) in [6.45, 7) is -0.468. The quantitative estimate of drug-likeness (QED) is 0.412. The fourth-order valence-corrected chi connectivity index (χ4v) is 0.764. The maximum absolute atomic E-state index is 9.14. The van der Waals surface area contributed by atoms with Gasteiger partial charge < -0.3 is 20.1 Å². The van der Waals surface area contributed by atoms with E-state index in [4.69, 9.17) is 20.1 Å². The van der Waals surface area contributed by atoms with Crippen LogP contribution in [0.1, 0.15) is 0 Å². The van der Waals surface area contributed by atoms with Crippen molar-refractivity contribution < 1.29 is 20.1 Å². The lowest BCUT2D eigenvalue weighted by molar-refractivity contribution is -0.260. The molecule has 0 bridgehead atoms. The van der Waals surface area contributed by atoms with Gasteiger partial charge in [-0.3, -0.25) is 0 Å². The molecule has 0 radical (unpaired) electrons. The summed E-state index contributed by atoms with van der Waals surface area (Å²) in [5, 5.41) is 26.1. The molecule has 0 aromatic rings. The maximum atomic E-state index is 9.14. The Bertz CT molecular complexity index is 99.1. The summed E-state index contributed by atoms with van der Waals surface area (Å²) in [5.74, 6) is 0. The molecule has 0 aromatic carbocycles. The molecule has 0 spiro atoms. The molecule has 1 heterocycles.